The minimum atomic E-state index is -4.83. The summed E-state index contributed by atoms with van der Waals surface area (Å²) in [6.45, 7) is 1.09. The second-order valence-corrected chi connectivity index (χ2v) is 9.81. The van der Waals surface area contributed by atoms with Crippen LogP contribution in [-0.2, 0) is 31.4 Å². The van der Waals surface area contributed by atoms with Crippen LogP contribution >= 0.6 is 0 Å². The summed E-state index contributed by atoms with van der Waals surface area (Å²) in [6, 6.07) is 5.48. The number of imidazole rings is 1. The van der Waals surface area contributed by atoms with Crippen molar-refractivity contribution in [3.63, 3.8) is 0 Å². The van der Waals surface area contributed by atoms with Crippen LogP contribution in [0.5, 0.6) is 0 Å². The van der Waals surface area contributed by atoms with E-state index in [-0.39, 0.29) is 30.8 Å². The number of fused-ring (bicyclic) bond motifs is 1. The second kappa shape index (κ2) is 9.21. The van der Waals surface area contributed by atoms with Gasteiger partial charge in [-0.3, -0.25) is 13.9 Å². The third-order valence-corrected chi connectivity index (χ3v) is 7.00. The van der Waals surface area contributed by atoms with Crippen molar-refractivity contribution in [1.82, 2.24) is 28.6 Å². The number of nitrogens with zero attached hydrogens (tertiary/aromatic N) is 6. The van der Waals surface area contributed by atoms with E-state index in [1.54, 1.807) is 4.90 Å². The van der Waals surface area contributed by atoms with Crippen molar-refractivity contribution in [3.8, 4) is 5.69 Å². The molecule has 1 aromatic carbocycles. The Morgan fingerprint density at radius 2 is 1.82 bits per heavy atom. The van der Waals surface area contributed by atoms with Crippen LogP contribution in [0.3, 0.4) is 0 Å². The van der Waals surface area contributed by atoms with Crippen molar-refractivity contribution >= 4 is 5.52 Å². The fourth-order valence-electron chi connectivity index (χ4n) is 4.84. The molecule has 3 aromatic heterocycles. The maximum Gasteiger partial charge on any atom is 0.418 e. The maximum atomic E-state index is 15.7. The van der Waals surface area contributed by atoms with Gasteiger partial charge in [-0.2, -0.15) is 22.0 Å². The number of hydrogen-bond acceptors (Lipinski definition) is 4. The molecule has 1 aliphatic heterocycles. The number of rotatable bonds is 6. The smallest absolute Gasteiger partial charge is 0.316 e. The van der Waals surface area contributed by atoms with Gasteiger partial charge in [-0.15, -0.1) is 10.2 Å². The van der Waals surface area contributed by atoms with E-state index < -0.39 is 52.1 Å². The molecule has 0 bridgehead atoms. The largest absolute Gasteiger partial charge is 0.418 e. The van der Waals surface area contributed by atoms with Crippen LogP contribution < -0.4 is 5.69 Å². The van der Waals surface area contributed by atoms with Gasteiger partial charge >= 0.3 is 17.8 Å². The van der Waals surface area contributed by atoms with Crippen LogP contribution in [0.1, 0.15) is 35.9 Å². The molecule has 4 aromatic rings. The van der Waals surface area contributed by atoms with Crippen LogP contribution in [-0.4, -0.2) is 47.9 Å². The van der Waals surface area contributed by atoms with Gasteiger partial charge in [-0.1, -0.05) is 12.1 Å². The molecule has 1 saturated heterocycles. The van der Waals surface area contributed by atoms with Crippen LogP contribution in [0.2, 0.25) is 0 Å². The Labute approximate surface area is 217 Å². The quantitative estimate of drug-likeness (QED) is 0.322. The van der Waals surface area contributed by atoms with E-state index in [2.05, 4.69) is 10.2 Å². The molecule has 0 amide bonds. The molecule has 0 saturated carbocycles. The Bertz CT molecular complexity index is 1590. The highest BCUT2D eigenvalue weighted by molar-refractivity contribution is 5.58. The zero-order valence-corrected chi connectivity index (χ0v) is 20.8. The van der Waals surface area contributed by atoms with Gasteiger partial charge in [0.2, 0.25) is 11.5 Å². The summed E-state index contributed by atoms with van der Waals surface area (Å²) in [4.78, 5) is 14.9. The van der Waals surface area contributed by atoms with Gasteiger partial charge in [0.15, 0.2) is 0 Å². The molecule has 1 fully saturated rings. The molecule has 2 atom stereocenters. The lowest BCUT2D eigenvalue weighted by Crippen LogP contribution is -2.39. The van der Waals surface area contributed by atoms with Crippen LogP contribution in [0.15, 0.2) is 53.8 Å². The topological polar surface area (TPSA) is 60.4 Å². The average Bonchev–Trinajstić information content (AvgIpc) is 3.57. The SMILES string of the molecule is Cn1cnnc1C(F)(F)[C@](C)(F)c1cccc(-n2cc3c(C(F)(F)F)cc(CN4CC[C@H](F)C4)cn3c2=O)c1. The summed E-state index contributed by atoms with van der Waals surface area (Å²) in [5, 5.41) is 6.69. The molecule has 4 heterocycles. The fourth-order valence-corrected chi connectivity index (χ4v) is 4.84. The third-order valence-electron chi connectivity index (χ3n) is 7.00. The van der Waals surface area contributed by atoms with Crippen molar-refractivity contribution in [3.05, 3.63) is 82.1 Å². The standard InChI is InChI=1S/C25H23F7N6O/c1-23(27,24(28,29)21-34-33-14-35(21)2)16-4-3-5-18(9-16)37-13-20-19(25(30,31)32)8-15(11-38(20)22(37)39)10-36-7-6-17(26)12-36/h3-5,8-9,11,13-14,17H,6-7,10,12H2,1-2H3/t17-,23+/m0/s1. The molecule has 208 valence electrons. The zero-order valence-electron chi connectivity index (χ0n) is 20.8. The van der Waals surface area contributed by atoms with E-state index >= 15 is 13.2 Å². The Morgan fingerprint density at radius 3 is 2.44 bits per heavy atom. The fraction of sp³-hybridized carbons (Fsp3) is 0.400. The van der Waals surface area contributed by atoms with E-state index in [0.29, 0.717) is 13.5 Å². The van der Waals surface area contributed by atoms with Crippen LogP contribution in [0.25, 0.3) is 11.2 Å². The number of likely N-dealkylation sites (tertiary alicyclic amines) is 1. The second-order valence-electron chi connectivity index (χ2n) is 9.81. The van der Waals surface area contributed by atoms with Gasteiger partial charge in [0.1, 0.15) is 12.5 Å². The number of hydrogen-bond donors (Lipinski definition) is 0. The summed E-state index contributed by atoms with van der Waals surface area (Å²) < 4.78 is 104. The Hall–Kier alpha value is -3.68. The Balaban J connectivity index is 1.60. The lowest BCUT2D eigenvalue weighted by Gasteiger charge is -2.29. The summed E-state index contributed by atoms with van der Waals surface area (Å²) in [6.07, 6.45) is -2.48. The first-order valence-corrected chi connectivity index (χ1v) is 11.9. The van der Waals surface area contributed by atoms with Gasteiger partial charge in [-0.25, -0.2) is 13.6 Å². The highest BCUT2D eigenvalue weighted by Gasteiger charge is 2.57. The highest BCUT2D eigenvalue weighted by Crippen LogP contribution is 2.47. The lowest BCUT2D eigenvalue weighted by atomic mass is 9.90. The van der Waals surface area contributed by atoms with E-state index in [1.165, 1.54) is 25.4 Å². The Kier molecular flexibility index (Phi) is 6.35. The number of aromatic nitrogens is 5. The minimum absolute atomic E-state index is 0.00385. The molecule has 0 unspecified atom stereocenters. The van der Waals surface area contributed by atoms with Crippen molar-refractivity contribution in [2.24, 2.45) is 7.05 Å². The number of aryl methyl sites for hydroxylation is 1. The molecule has 0 N–H and O–H groups in total. The minimum Gasteiger partial charge on any atom is -0.316 e. The van der Waals surface area contributed by atoms with Crippen LogP contribution in [0, 0.1) is 0 Å². The molecule has 0 spiro atoms. The molecule has 39 heavy (non-hydrogen) atoms. The summed E-state index contributed by atoms with van der Waals surface area (Å²) >= 11 is 0. The molecule has 7 nitrogen and oxygen atoms in total. The molecule has 5 rings (SSSR count). The summed E-state index contributed by atoms with van der Waals surface area (Å²) in [5.41, 5.74) is -6.29. The number of pyridine rings is 1. The number of halogens is 7. The monoisotopic (exact) mass is 556 g/mol. The molecule has 14 heteroatoms. The normalized spacial score (nSPS) is 18.6. The van der Waals surface area contributed by atoms with Gasteiger partial charge in [0, 0.05) is 39.1 Å². The van der Waals surface area contributed by atoms with Gasteiger partial charge in [0.25, 0.3) is 0 Å². The molecular weight excluding hydrogens is 533 g/mol. The molecular formula is C25H23F7N6O. The van der Waals surface area contributed by atoms with E-state index in [4.69, 9.17) is 0 Å². The predicted octanol–water partition coefficient (Wildman–Crippen LogP) is 4.76. The van der Waals surface area contributed by atoms with Crippen molar-refractivity contribution in [2.75, 3.05) is 13.1 Å². The van der Waals surface area contributed by atoms with Crippen LogP contribution in [0.4, 0.5) is 30.7 Å². The first-order valence-electron chi connectivity index (χ1n) is 11.9. The van der Waals surface area contributed by atoms with Gasteiger partial charge in [0.05, 0.1) is 16.8 Å². The van der Waals surface area contributed by atoms with Gasteiger partial charge < -0.3 is 4.57 Å². The lowest BCUT2D eigenvalue weighted by molar-refractivity contribution is -0.149. The molecule has 0 aliphatic carbocycles. The first kappa shape index (κ1) is 26.9. The highest BCUT2D eigenvalue weighted by atomic mass is 19.4. The Morgan fingerprint density at radius 1 is 1.08 bits per heavy atom. The van der Waals surface area contributed by atoms with E-state index in [9.17, 15) is 22.4 Å². The number of benzene rings is 1. The van der Waals surface area contributed by atoms with E-state index in [0.717, 1.165) is 44.3 Å². The third kappa shape index (κ3) is 4.60. The zero-order chi connectivity index (χ0) is 28.3. The van der Waals surface area contributed by atoms with Crippen molar-refractivity contribution in [1.29, 1.82) is 0 Å². The molecule has 1 aliphatic rings. The predicted molar refractivity (Wildman–Crippen MR) is 126 cm³/mol. The average molecular weight is 556 g/mol. The van der Waals surface area contributed by atoms with E-state index in [1.807, 2.05) is 0 Å². The first-order chi connectivity index (χ1) is 18.2. The summed E-state index contributed by atoms with van der Waals surface area (Å²) in [7, 11) is 1.23. The maximum absolute atomic E-state index is 15.7. The van der Waals surface area contributed by atoms with Crippen molar-refractivity contribution in [2.45, 2.75) is 43.8 Å². The summed E-state index contributed by atoms with van der Waals surface area (Å²) in [5.74, 6) is -5.07. The number of alkyl halides is 7. The van der Waals surface area contributed by atoms with Gasteiger partial charge in [-0.05, 0) is 42.7 Å². The van der Waals surface area contributed by atoms with Crippen molar-refractivity contribution < 1.29 is 30.7 Å². The molecule has 0 radical (unpaired) electrons.